The number of hydrogen-bond donors (Lipinski definition) is 3. The van der Waals surface area contributed by atoms with Crippen molar-refractivity contribution in [3.05, 3.63) is 23.3 Å². The summed E-state index contributed by atoms with van der Waals surface area (Å²) < 4.78 is 41.2. The van der Waals surface area contributed by atoms with Crippen molar-refractivity contribution in [3.8, 4) is 5.75 Å². The van der Waals surface area contributed by atoms with Gasteiger partial charge in [0.2, 0.25) is 0 Å². The van der Waals surface area contributed by atoms with Crippen LogP contribution in [0.3, 0.4) is 0 Å². The fourth-order valence-corrected chi connectivity index (χ4v) is 1.33. The molecule has 0 aliphatic carbocycles. The van der Waals surface area contributed by atoms with Gasteiger partial charge in [-0.1, -0.05) is 0 Å². The Morgan fingerprint density at radius 2 is 1.94 bits per heavy atom. The summed E-state index contributed by atoms with van der Waals surface area (Å²) in [6.07, 6.45) is -4.49. The minimum atomic E-state index is -4.49. The van der Waals surface area contributed by atoms with Gasteiger partial charge in [0.25, 0.3) is 0 Å². The summed E-state index contributed by atoms with van der Waals surface area (Å²) in [6, 6.07) is 2.48. The predicted octanol–water partition coefficient (Wildman–Crippen LogP) is 0.850. The largest absolute Gasteiger partial charge is 0.480 e. The van der Waals surface area contributed by atoms with E-state index in [0.29, 0.717) is 0 Å². The van der Waals surface area contributed by atoms with Crippen LogP contribution >= 0.6 is 0 Å². The maximum Gasteiger partial charge on any atom is 0.422 e. The van der Waals surface area contributed by atoms with Crippen LogP contribution in [0.4, 0.5) is 13.2 Å². The first kappa shape index (κ1) is 14.4. The molecule has 0 aromatic carbocycles. The number of ether oxygens (including phenoxy) is 1. The van der Waals surface area contributed by atoms with Crippen molar-refractivity contribution in [1.29, 1.82) is 5.41 Å². The SMILES string of the molecule is CC(C)(O)c1ccc(OCC(F)(F)F)c(=N)n1N. The highest BCUT2D eigenvalue weighted by Gasteiger charge is 2.29. The molecule has 0 unspecified atom stereocenters. The third-order valence-electron chi connectivity index (χ3n) is 2.14. The van der Waals surface area contributed by atoms with Crippen molar-refractivity contribution in [1.82, 2.24) is 4.68 Å². The Morgan fingerprint density at radius 3 is 2.39 bits per heavy atom. The quantitative estimate of drug-likeness (QED) is 0.708. The lowest BCUT2D eigenvalue weighted by Gasteiger charge is -2.21. The molecular weight excluding hydrogens is 251 g/mol. The highest BCUT2D eigenvalue weighted by molar-refractivity contribution is 5.23. The summed E-state index contributed by atoms with van der Waals surface area (Å²) in [7, 11) is 0. The first-order chi connectivity index (χ1) is 8.02. The Labute approximate surface area is 101 Å². The molecule has 1 aromatic rings. The van der Waals surface area contributed by atoms with Gasteiger partial charge in [0.1, 0.15) is 5.60 Å². The van der Waals surface area contributed by atoms with Crippen molar-refractivity contribution in [2.24, 2.45) is 0 Å². The van der Waals surface area contributed by atoms with Crippen LogP contribution in [0.15, 0.2) is 12.1 Å². The molecule has 1 heterocycles. The number of halogens is 3. The lowest BCUT2D eigenvalue weighted by Crippen LogP contribution is -2.37. The van der Waals surface area contributed by atoms with E-state index in [2.05, 4.69) is 4.74 Å². The second-order valence-corrected chi connectivity index (χ2v) is 4.26. The second-order valence-electron chi connectivity index (χ2n) is 4.26. The number of rotatable bonds is 3. The van der Waals surface area contributed by atoms with E-state index in [1.165, 1.54) is 26.0 Å². The average Bonchev–Trinajstić information content (AvgIpc) is 2.17. The zero-order valence-electron chi connectivity index (χ0n) is 9.88. The van der Waals surface area contributed by atoms with Crippen LogP contribution in [-0.2, 0) is 5.60 Å². The maximum absolute atomic E-state index is 12.0. The number of pyridine rings is 1. The van der Waals surface area contributed by atoms with Crippen molar-refractivity contribution in [3.63, 3.8) is 0 Å². The molecule has 102 valence electrons. The van der Waals surface area contributed by atoms with Gasteiger partial charge in [-0.05, 0) is 26.0 Å². The van der Waals surface area contributed by atoms with Crippen LogP contribution in [0.25, 0.3) is 0 Å². The standard InChI is InChI=1S/C10H14F3N3O2/c1-9(2,17)7-4-3-6(8(14)16(7)15)18-5-10(11,12)13/h3-4,14,17H,5,15H2,1-2H3. The highest BCUT2D eigenvalue weighted by atomic mass is 19.4. The second kappa shape index (κ2) is 4.52. The van der Waals surface area contributed by atoms with E-state index in [1.807, 2.05) is 0 Å². The molecule has 1 aromatic heterocycles. The van der Waals surface area contributed by atoms with Gasteiger partial charge >= 0.3 is 6.18 Å². The number of aromatic nitrogens is 1. The normalized spacial score (nSPS) is 12.6. The zero-order valence-corrected chi connectivity index (χ0v) is 9.88. The first-order valence-electron chi connectivity index (χ1n) is 5.00. The van der Waals surface area contributed by atoms with Crippen LogP contribution in [0, 0.1) is 5.41 Å². The Balaban J connectivity index is 3.06. The molecule has 4 N–H and O–H groups in total. The highest BCUT2D eigenvalue weighted by Crippen LogP contribution is 2.20. The van der Waals surface area contributed by atoms with E-state index < -0.39 is 23.9 Å². The fraction of sp³-hybridized carbons (Fsp3) is 0.500. The topological polar surface area (TPSA) is 84.3 Å². The number of nitrogens with one attached hydrogen (secondary N) is 1. The maximum atomic E-state index is 12.0. The molecule has 0 spiro atoms. The molecule has 0 bridgehead atoms. The van der Waals surface area contributed by atoms with Gasteiger partial charge < -0.3 is 15.7 Å². The molecule has 8 heteroatoms. The van der Waals surface area contributed by atoms with Gasteiger partial charge in [-0.15, -0.1) is 0 Å². The molecule has 0 saturated carbocycles. The summed E-state index contributed by atoms with van der Waals surface area (Å²) in [4.78, 5) is 0. The Hall–Kier alpha value is -1.70. The number of alkyl halides is 3. The number of nitrogens with zero attached hydrogens (tertiary/aromatic N) is 1. The third kappa shape index (κ3) is 3.39. The predicted molar refractivity (Wildman–Crippen MR) is 57.2 cm³/mol. The third-order valence-corrected chi connectivity index (χ3v) is 2.14. The molecule has 5 nitrogen and oxygen atoms in total. The molecular formula is C10H14F3N3O2. The smallest absolute Gasteiger partial charge is 0.422 e. The van der Waals surface area contributed by atoms with E-state index in [-0.39, 0.29) is 11.4 Å². The zero-order chi connectivity index (χ0) is 14.1. The Morgan fingerprint density at radius 1 is 1.39 bits per heavy atom. The van der Waals surface area contributed by atoms with Crippen molar-refractivity contribution in [2.75, 3.05) is 12.4 Å². The summed E-state index contributed by atoms with van der Waals surface area (Å²) in [5, 5.41) is 17.3. The van der Waals surface area contributed by atoms with Gasteiger partial charge in [-0.3, -0.25) is 5.41 Å². The average molecular weight is 265 g/mol. The summed E-state index contributed by atoms with van der Waals surface area (Å²) in [6.45, 7) is 1.39. The molecule has 0 radical (unpaired) electrons. The minimum absolute atomic E-state index is 0.187. The summed E-state index contributed by atoms with van der Waals surface area (Å²) in [5.41, 5.74) is -1.57. The number of hydrogen-bond acceptors (Lipinski definition) is 4. The minimum Gasteiger partial charge on any atom is -0.480 e. The van der Waals surface area contributed by atoms with Crippen LogP contribution in [0.1, 0.15) is 19.5 Å². The Kier molecular flexibility index (Phi) is 3.61. The lowest BCUT2D eigenvalue weighted by atomic mass is 10.0. The lowest BCUT2D eigenvalue weighted by molar-refractivity contribution is -0.153. The van der Waals surface area contributed by atoms with Crippen molar-refractivity contribution in [2.45, 2.75) is 25.6 Å². The van der Waals surface area contributed by atoms with Crippen LogP contribution in [-0.4, -0.2) is 22.6 Å². The van der Waals surface area contributed by atoms with Crippen LogP contribution < -0.4 is 16.1 Å². The Bertz CT molecular complexity index is 489. The summed E-state index contributed by atoms with van der Waals surface area (Å²) >= 11 is 0. The van der Waals surface area contributed by atoms with Gasteiger partial charge in [0.15, 0.2) is 17.8 Å². The van der Waals surface area contributed by atoms with Gasteiger partial charge in [0.05, 0.1) is 5.69 Å². The number of nitrogen functional groups attached to an aromatic ring is 1. The van der Waals surface area contributed by atoms with Gasteiger partial charge in [-0.25, -0.2) is 4.68 Å². The van der Waals surface area contributed by atoms with Crippen molar-refractivity contribution < 1.29 is 23.0 Å². The number of nitrogens with two attached hydrogens (primary N) is 1. The molecule has 0 atom stereocenters. The van der Waals surface area contributed by atoms with Gasteiger partial charge in [0, 0.05) is 0 Å². The van der Waals surface area contributed by atoms with E-state index in [9.17, 15) is 18.3 Å². The fourth-order valence-electron chi connectivity index (χ4n) is 1.33. The molecule has 1 rings (SSSR count). The molecule has 0 saturated heterocycles. The van der Waals surface area contributed by atoms with Crippen LogP contribution in [0.2, 0.25) is 0 Å². The molecule has 18 heavy (non-hydrogen) atoms. The van der Waals surface area contributed by atoms with Crippen LogP contribution in [0.5, 0.6) is 5.75 Å². The molecule has 0 aliphatic heterocycles. The molecule has 0 fully saturated rings. The van der Waals surface area contributed by atoms with E-state index in [1.54, 1.807) is 0 Å². The van der Waals surface area contributed by atoms with Crippen molar-refractivity contribution >= 4 is 0 Å². The molecule has 0 aliphatic rings. The monoisotopic (exact) mass is 265 g/mol. The van der Waals surface area contributed by atoms with E-state index in [0.717, 1.165) is 4.68 Å². The first-order valence-corrected chi connectivity index (χ1v) is 5.00. The number of aliphatic hydroxyl groups is 1. The van der Waals surface area contributed by atoms with Gasteiger partial charge in [-0.2, -0.15) is 13.2 Å². The van der Waals surface area contributed by atoms with E-state index >= 15 is 0 Å². The summed E-state index contributed by atoms with van der Waals surface area (Å²) in [5.74, 6) is 5.21. The van der Waals surface area contributed by atoms with E-state index in [4.69, 9.17) is 11.3 Å². The molecule has 0 amide bonds.